The van der Waals surface area contributed by atoms with Gasteiger partial charge in [0.1, 0.15) is 0 Å². The van der Waals surface area contributed by atoms with E-state index in [0.29, 0.717) is 11.8 Å². The van der Waals surface area contributed by atoms with E-state index in [2.05, 4.69) is 18.7 Å². The van der Waals surface area contributed by atoms with Gasteiger partial charge in [-0.05, 0) is 30.5 Å². The fourth-order valence-electron chi connectivity index (χ4n) is 2.46. The molecule has 0 fully saturated rings. The van der Waals surface area contributed by atoms with Gasteiger partial charge >= 0.3 is 0 Å². The summed E-state index contributed by atoms with van der Waals surface area (Å²) in [6.07, 6.45) is 2.24. The zero-order valence-electron chi connectivity index (χ0n) is 13.1. The molecule has 0 aliphatic rings. The molecule has 4 nitrogen and oxygen atoms in total. The summed E-state index contributed by atoms with van der Waals surface area (Å²) in [5.74, 6) is 0.709. The van der Waals surface area contributed by atoms with Crippen molar-refractivity contribution in [1.29, 1.82) is 0 Å². The van der Waals surface area contributed by atoms with Crippen molar-refractivity contribution in [2.45, 2.75) is 39.3 Å². The molecule has 0 spiro atoms. The Kier molecular flexibility index (Phi) is 7.41. The lowest BCUT2D eigenvalue weighted by molar-refractivity contribution is 0.110. The molecule has 1 aromatic rings. The van der Waals surface area contributed by atoms with Gasteiger partial charge in [-0.1, -0.05) is 19.9 Å². The van der Waals surface area contributed by atoms with E-state index in [1.165, 1.54) is 0 Å². The van der Waals surface area contributed by atoms with Crippen molar-refractivity contribution in [3.05, 3.63) is 23.8 Å². The second-order valence-corrected chi connectivity index (χ2v) is 4.94. The molecule has 0 aliphatic carbocycles. The summed E-state index contributed by atoms with van der Waals surface area (Å²) >= 11 is 0. The second-order valence-electron chi connectivity index (χ2n) is 4.94. The molecule has 0 amide bonds. The Morgan fingerprint density at radius 3 is 2.45 bits per heavy atom. The van der Waals surface area contributed by atoms with E-state index in [1.54, 1.807) is 20.3 Å². The van der Waals surface area contributed by atoms with Crippen molar-refractivity contribution in [2.75, 3.05) is 27.4 Å². The number of nitrogens with zero attached hydrogens (tertiary/aromatic N) is 1. The van der Waals surface area contributed by atoms with E-state index < -0.39 is 0 Å². The van der Waals surface area contributed by atoms with E-state index in [-0.39, 0.29) is 5.75 Å². The van der Waals surface area contributed by atoms with Gasteiger partial charge in [-0.3, -0.25) is 4.90 Å². The van der Waals surface area contributed by atoms with Crippen LogP contribution in [-0.4, -0.2) is 43.4 Å². The number of rotatable bonds is 9. The molecule has 114 valence electrons. The molecule has 0 saturated heterocycles. The van der Waals surface area contributed by atoms with Crippen molar-refractivity contribution >= 4 is 0 Å². The predicted molar refractivity (Wildman–Crippen MR) is 81.3 cm³/mol. The lowest BCUT2D eigenvalue weighted by Crippen LogP contribution is -2.36. The van der Waals surface area contributed by atoms with Crippen molar-refractivity contribution in [2.24, 2.45) is 0 Å². The van der Waals surface area contributed by atoms with Crippen LogP contribution in [-0.2, 0) is 11.3 Å². The van der Waals surface area contributed by atoms with Gasteiger partial charge in [-0.25, -0.2) is 0 Å². The van der Waals surface area contributed by atoms with E-state index in [4.69, 9.17) is 9.47 Å². The van der Waals surface area contributed by atoms with Crippen LogP contribution in [0, 0.1) is 0 Å². The second kappa shape index (κ2) is 8.82. The molecule has 0 radical (unpaired) electrons. The summed E-state index contributed by atoms with van der Waals surface area (Å²) in [6.45, 7) is 6.90. The quantitative estimate of drug-likeness (QED) is 0.755. The Morgan fingerprint density at radius 1 is 1.20 bits per heavy atom. The molecule has 0 unspecified atom stereocenters. The molecule has 0 aromatic heterocycles. The minimum absolute atomic E-state index is 0.183. The third-order valence-corrected chi connectivity index (χ3v) is 3.67. The normalized spacial score (nSPS) is 11.3. The molecule has 20 heavy (non-hydrogen) atoms. The Labute approximate surface area is 122 Å². The third-order valence-electron chi connectivity index (χ3n) is 3.67. The smallest absolute Gasteiger partial charge is 0.160 e. The first-order chi connectivity index (χ1) is 9.65. The predicted octanol–water partition coefficient (Wildman–Crippen LogP) is 3.04. The first-order valence-electron chi connectivity index (χ1n) is 7.25. The molecule has 1 N–H and O–H groups in total. The molecule has 1 rings (SSSR count). The highest BCUT2D eigenvalue weighted by Crippen LogP contribution is 2.27. The Bertz CT molecular complexity index is 391. The highest BCUT2D eigenvalue weighted by Gasteiger charge is 2.16. The molecular weight excluding hydrogens is 254 g/mol. The van der Waals surface area contributed by atoms with Crippen LogP contribution in [0.25, 0.3) is 0 Å². The SMILES string of the molecule is CCC(CC)N(CCOC)Cc1ccc(O)c(OC)c1. The van der Waals surface area contributed by atoms with Crippen molar-refractivity contribution in [3.8, 4) is 11.5 Å². The summed E-state index contributed by atoms with van der Waals surface area (Å²) in [7, 11) is 3.30. The van der Waals surface area contributed by atoms with Gasteiger partial charge in [0, 0.05) is 26.2 Å². The highest BCUT2D eigenvalue weighted by molar-refractivity contribution is 5.41. The monoisotopic (exact) mass is 281 g/mol. The van der Waals surface area contributed by atoms with Crippen LogP contribution in [0.5, 0.6) is 11.5 Å². The van der Waals surface area contributed by atoms with Crippen molar-refractivity contribution in [3.63, 3.8) is 0 Å². The number of phenolic OH excluding ortho intramolecular Hbond substituents is 1. The zero-order valence-corrected chi connectivity index (χ0v) is 13.1. The molecule has 4 heteroatoms. The van der Waals surface area contributed by atoms with Crippen LogP contribution in [0.3, 0.4) is 0 Å². The molecule has 0 atom stereocenters. The molecule has 1 aromatic carbocycles. The van der Waals surface area contributed by atoms with Crippen LogP contribution >= 0.6 is 0 Å². The van der Waals surface area contributed by atoms with Crippen LogP contribution < -0.4 is 4.74 Å². The standard InChI is InChI=1S/C16H27NO3/c1-5-14(6-2)17(9-10-19-3)12-13-7-8-15(18)16(11-13)20-4/h7-8,11,14,18H,5-6,9-10,12H2,1-4H3. The van der Waals surface area contributed by atoms with Gasteiger partial charge in [0.05, 0.1) is 13.7 Å². The maximum atomic E-state index is 9.65. The Morgan fingerprint density at radius 2 is 1.90 bits per heavy atom. The number of benzene rings is 1. The summed E-state index contributed by atoms with van der Waals surface area (Å²) < 4.78 is 10.4. The maximum Gasteiger partial charge on any atom is 0.160 e. The average molecular weight is 281 g/mol. The molecule has 0 saturated carbocycles. The number of aromatic hydroxyl groups is 1. The Hall–Kier alpha value is -1.26. The first kappa shape index (κ1) is 16.8. The lowest BCUT2D eigenvalue weighted by Gasteiger charge is -2.30. The number of hydrogen-bond donors (Lipinski definition) is 1. The van der Waals surface area contributed by atoms with Gasteiger partial charge in [0.2, 0.25) is 0 Å². The summed E-state index contributed by atoms with van der Waals surface area (Å²) in [4.78, 5) is 2.43. The average Bonchev–Trinajstić information content (AvgIpc) is 2.47. The van der Waals surface area contributed by atoms with Crippen LogP contribution in [0.15, 0.2) is 18.2 Å². The molecule has 0 heterocycles. The maximum absolute atomic E-state index is 9.65. The first-order valence-corrected chi connectivity index (χ1v) is 7.25. The van der Waals surface area contributed by atoms with Crippen LogP contribution in [0.1, 0.15) is 32.3 Å². The lowest BCUT2D eigenvalue weighted by atomic mass is 10.1. The van der Waals surface area contributed by atoms with Gasteiger partial charge in [-0.2, -0.15) is 0 Å². The van der Waals surface area contributed by atoms with Gasteiger partial charge in [0.25, 0.3) is 0 Å². The number of ether oxygens (including phenoxy) is 2. The van der Waals surface area contributed by atoms with Gasteiger partial charge < -0.3 is 14.6 Å². The Balaban J connectivity index is 2.82. The minimum atomic E-state index is 0.183. The number of phenols is 1. The van der Waals surface area contributed by atoms with Crippen LogP contribution in [0.4, 0.5) is 0 Å². The minimum Gasteiger partial charge on any atom is -0.504 e. The summed E-state index contributed by atoms with van der Waals surface area (Å²) in [5.41, 5.74) is 1.14. The van der Waals surface area contributed by atoms with Crippen molar-refractivity contribution in [1.82, 2.24) is 4.90 Å². The summed E-state index contributed by atoms with van der Waals surface area (Å²) in [6, 6.07) is 6.08. The van der Waals surface area contributed by atoms with Gasteiger partial charge in [0.15, 0.2) is 11.5 Å². The number of methoxy groups -OCH3 is 2. The summed E-state index contributed by atoms with van der Waals surface area (Å²) in [5, 5.41) is 9.65. The third kappa shape index (κ3) is 4.69. The van der Waals surface area contributed by atoms with Crippen molar-refractivity contribution < 1.29 is 14.6 Å². The van der Waals surface area contributed by atoms with E-state index >= 15 is 0 Å². The van der Waals surface area contributed by atoms with E-state index in [1.807, 2.05) is 12.1 Å². The topological polar surface area (TPSA) is 41.9 Å². The highest BCUT2D eigenvalue weighted by atomic mass is 16.5. The largest absolute Gasteiger partial charge is 0.504 e. The fraction of sp³-hybridized carbons (Fsp3) is 0.625. The molecule has 0 bridgehead atoms. The van der Waals surface area contributed by atoms with E-state index in [0.717, 1.165) is 38.1 Å². The fourth-order valence-corrected chi connectivity index (χ4v) is 2.46. The zero-order chi connectivity index (χ0) is 15.0. The molecule has 0 aliphatic heterocycles. The molecular formula is C16H27NO3. The van der Waals surface area contributed by atoms with Crippen LogP contribution in [0.2, 0.25) is 0 Å². The van der Waals surface area contributed by atoms with E-state index in [9.17, 15) is 5.11 Å². The van der Waals surface area contributed by atoms with Gasteiger partial charge in [-0.15, -0.1) is 0 Å². The number of hydrogen-bond acceptors (Lipinski definition) is 4.